The number of H-pyrrole nitrogens is 2. The van der Waals surface area contributed by atoms with Crippen molar-refractivity contribution >= 4 is 67.6 Å². The first-order valence-corrected chi connectivity index (χ1v) is 31.2. The number of carbonyl (C=O) groups excluding carboxylic acids is 2. The van der Waals surface area contributed by atoms with E-state index in [1.165, 1.54) is 55.6 Å². The van der Waals surface area contributed by atoms with E-state index in [0.717, 1.165) is 144 Å². The number of benzene rings is 5. The Morgan fingerprint density at radius 3 is 1.04 bits per heavy atom. The molecule has 0 aliphatic carbocycles. The van der Waals surface area contributed by atoms with Gasteiger partial charge in [0.05, 0.1) is 26.7 Å². The topological polar surface area (TPSA) is 323 Å². The minimum absolute atomic E-state index is 0.134. The van der Waals surface area contributed by atoms with Gasteiger partial charge in [0, 0.05) is 178 Å². The van der Waals surface area contributed by atoms with Gasteiger partial charge in [-0.15, -0.1) is 0 Å². The maximum Gasteiger partial charge on any atom is 0.319 e. The normalized spacial score (nSPS) is 16.2. The van der Waals surface area contributed by atoms with Crippen molar-refractivity contribution in [3.63, 3.8) is 0 Å². The molecule has 0 radical (unpaired) electrons. The molecule has 4 saturated heterocycles. The molecule has 0 bridgehead atoms. The van der Waals surface area contributed by atoms with E-state index in [2.05, 4.69) is 126 Å². The number of nitro groups is 3. The summed E-state index contributed by atoms with van der Waals surface area (Å²) in [5.74, 6) is -0.872. The molecule has 8 N–H and O–H groups in total. The van der Waals surface area contributed by atoms with Gasteiger partial charge in [-0.05, 0) is 92.4 Å². The van der Waals surface area contributed by atoms with Crippen molar-refractivity contribution in [2.24, 2.45) is 0 Å². The number of nitro benzene ring substituents is 2. The molecular formula is C63H84BrN19O8. The molecule has 6 heterocycles. The van der Waals surface area contributed by atoms with Crippen LogP contribution >= 0.6 is 15.9 Å². The van der Waals surface area contributed by atoms with E-state index in [-0.39, 0.29) is 39.3 Å². The van der Waals surface area contributed by atoms with Crippen molar-refractivity contribution in [3.05, 3.63) is 203 Å². The number of nitrogens with zero attached hydrogens (tertiary/aromatic N) is 13. The van der Waals surface area contributed by atoms with Gasteiger partial charge in [0.2, 0.25) is 5.69 Å². The van der Waals surface area contributed by atoms with Crippen molar-refractivity contribution in [2.45, 2.75) is 31.5 Å². The molecule has 0 saturated carbocycles. The minimum atomic E-state index is -0.641. The second-order valence-corrected chi connectivity index (χ2v) is 23.5. The van der Waals surface area contributed by atoms with Crippen LogP contribution in [0.5, 0.6) is 0 Å². The van der Waals surface area contributed by atoms with Crippen LogP contribution in [0.2, 0.25) is 0 Å². The summed E-state index contributed by atoms with van der Waals surface area (Å²) < 4.78 is 0. The number of nitrogens with two attached hydrogens (primary N) is 2. The molecule has 0 atom stereocenters. The Morgan fingerprint density at radius 1 is 0.440 bits per heavy atom. The summed E-state index contributed by atoms with van der Waals surface area (Å²) in [5.41, 5.74) is 19.8. The number of alkyl halides is 1. The fraction of sp³-hybridized carbons (Fsp3) is 0.397. The molecule has 91 heavy (non-hydrogen) atoms. The van der Waals surface area contributed by atoms with E-state index < -0.39 is 15.8 Å². The molecule has 5 aromatic carbocycles. The quantitative estimate of drug-likeness (QED) is 0.0242. The highest BCUT2D eigenvalue weighted by Gasteiger charge is 2.24. The first-order chi connectivity index (χ1) is 43.8. The molecule has 486 valence electrons. The number of rotatable bonds is 16. The summed E-state index contributed by atoms with van der Waals surface area (Å²) in [4.78, 5) is 73.4. The van der Waals surface area contributed by atoms with Gasteiger partial charge < -0.3 is 41.7 Å². The van der Waals surface area contributed by atoms with E-state index in [9.17, 15) is 39.9 Å². The van der Waals surface area contributed by atoms with Gasteiger partial charge in [-0.2, -0.15) is 10.2 Å². The van der Waals surface area contributed by atoms with E-state index in [1.807, 2.05) is 60.7 Å². The molecule has 4 aliphatic rings. The molecule has 4 fully saturated rings. The highest BCUT2D eigenvalue weighted by molar-refractivity contribution is 9.08. The van der Waals surface area contributed by atoms with Gasteiger partial charge in [-0.1, -0.05) is 76.6 Å². The van der Waals surface area contributed by atoms with Crippen molar-refractivity contribution in [1.29, 1.82) is 0 Å². The van der Waals surface area contributed by atoms with Crippen LogP contribution in [0.15, 0.2) is 134 Å². The lowest BCUT2D eigenvalue weighted by atomic mass is 10.1. The van der Waals surface area contributed by atoms with Crippen LogP contribution in [0.3, 0.4) is 0 Å². The number of carbonyl (C=O) groups is 2. The van der Waals surface area contributed by atoms with E-state index in [0.29, 0.717) is 11.4 Å². The van der Waals surface area contributed by atoms with Crippen LogP contribution in [0, 0.1) is 30.3 Å². The Hall–Kier alpha value is -8.58. The summed E-state index contributed by atoms with van der Waals surface area (Å²) in [6.45, 7) is 21.4. The summed E-state index contributed by atoms with van der Waals surface area (Å²) in [7, 11) is 8.59. The number of likely N-dealkylation sites (N-methyl/N-ethyl adjacent to an activating group) is 4. The van der Waals surface area contributed by atoms with Gasteiger partial charge in [-0.25, -0.2) is 0 Å². The molecule has 2 amide bonds. The molecule has 4 aliphatic heterocycles. The highest BCUT2D eigenvalue weighted by atomic mass is 79.9. The van der Waals surface area contributed by atoms with Crippen molar-refractivity contribution in [2.75, 3.05) is 155 Å². The van der Waals surface area contributed by atoms with Gasteiger partial charge in [0.25, 0.3) is 23.2 Å². The number of hydrogen-bond acceptors (Lipinski definition) is 20. The number of piperazine rings is 4. The number of nitrogen functional groups attached to an aromatic ring is 2. The van der Waals surface area contributed by atoms with Crippen LogP contribution in [-0.2, 0) is 31.5 Å². The molecule has 11 rings (SSSR count). The van der Waals surface area contributed by atoms with Crippen LogP contribution in [0.1, 0.15) is 48.8 Å². The number of anilines is 4. The van der Waals surface area contributed by atoms with Gasteiger partial charge in [-0.3, -0.25) is 69.7 Å². The van der Waals surface area contributed by atoms with Crippen molar-refractivity contribution in [3.8, 4) is 0 Å². The highest BCUT2D eigenvalue weighted by Crippen LogP contribution is 2.21. The molecule has 0 spiro atoms. The van der Waals surface area contributed by atoms with Gasteiger partial charge >= 0.3 is 5.69 Å². The SMILES string of the molecule is CN1CCN(Cc2ccc(N)cc2)CC1.CN1CCN(Cc2ccc(NC(=O)c3[nH]ncc3N)cc2)CC1.CN1CCN(Cc2ccc(NC(=O)c3[nH]ncc3[N+](=O)[O-])cc2)CC1.CN1CCN(Cc2ccc([N+](=O)[O-])cc2)CC1.O=[N+]([O-])c1ccc(CBr)cc1. The molecule has 28 heteroatoms. The third-order valence-electron chi connectivity index (χ3n) is 15.8. The van der Waals surface area contributed by atoms with Crippen LogP contribution < -0.4 is 22.1 Å². The first-order valence-electron chi connectivity index (χ1n) is 30.0. The molecule has 0 unspecified atom stereocenters. The van der Waals surface area contributed by atoms with E-state index in [4.69, 9.17) is 11.5 Å². The summed E-state index contributed by atoms with van der Waals surface area (Å²) in [5, 5.41) is 50.0. The minimum Gasteiger partial charge on any atom is -0.399 e. The number of nitrogens with one attached hydrogen (secondary N) is 4. The second kappa shape index (κ2) is 35.7. The standard InChI is InChI=1S/C16H20N6O3.C16H22N6O.C12H17N3O2.C12H19N3.C7H6BrNO2/c1-20-6-8-21(9-7-20)11-12-2-4-13(5-3-12)18-16(23)15-14(22(24)25)10-17-19-15;1-21-6-8-22(9-7-21)11-12-2-4-13(5-3-12)19-16(23)15-14(17)10-18-20-15;1-13-6-8-14(9-7-13)10-11-2-4-12(5-3-11)15(16)17;1-14-6-8-15(9-7-14)10-11-2-4-12(13)5-3-11;8-5-6-1-3-7(4-2-6)9(10)11/h2-5,10H,6-9,11H2,1H3,(H,17,19)(H,18,23);2-5,10H,6-9,11,17H2,1H3,(H,18,20)(H,19,23);2-5H,6-10H2,1H3;2-5H,6-10,13H2,1H3;1-4H,5H2. The molecule has 27 nitrogen and oxygen atoms in total. The van der Waals surface area contributed by atoms with Crippen molar-refractivity contribution in [1.82, 2.24) is 59.6 Å². The number of aromatic amines is 2. The Kier molecular flexibility index (Phi) is 27.4. The fourth-order valence-corrected chi connectivity index (χ4v) is 10.3. The fourth-order valence-electron chi connectivity index (χ4n) is 9.95. The predicted octanol–water partition coefficient (Wildman–Crippen LogP) is 7.16. The zero-order valence-corrected chi connectivity index (χ0v) is 53.7. The Labute approximate surface area is 538 Å². The van der Waals surface area contributed by atoms with E-state index in [1.54, 1.807) is 36.4 Å². The third-order valence-corrected chi connectivity index (χ3v) is 16.4. The maximum absolute atomic E-state index is 12.1. The number of amides is 2. The van der Waals surface area contributed by atoms with Crippen LogP contribution in [0.4, 0.5) is 39.8 Å². The van der Waals surface area contributed by atoms with Crippen LogP contribution in [0.25, 0.3) is 0 Å². The predicted molar refractivity (Wildman–Crippen MR) is 358 cm³/mol. The lowest BCUT2D eigenvalue weighted by Crippen LogP contribution is -2.43. The molecular weight excluding hydrogens is 1230 g/mol. The van der Waals surface area contributed by atoms with Gasteiger partial charge in [0.15, 0.2) is 0 Å². The average Bonchev–Trinajstić information content (AvgIpc) is 2.74. The van der Waals surface area contributed by atoms with E-state index >= 15 is 0 Å². The Morgan fingerprint density at radius 2 is 0.736 bits per heavy atom. The molecule has 7 aromatic rings. The Bertz CT molecular complexity index is 3360. The maximum atomic E-state index is 12.1. The zero-order valence-electron chi connectivity index (χ0n) is 52.2. The summed E-state index contributed by atoms with van der Waals surface area (Å²) in [6, 6.07) is 36.9. The second-order valence-electron chi connectivity index (χ2n) is 22.9. The largest absolute Gasteiger partial charge is 0.399 e. The lowest BCUT2D eigenvalue weighted by Gasteiger charge is -2.32. The number of halogens is 1. The lowest BCUT2D eigenvalue weighted by molar-refractivity contribution is -0.385. The summed E-state index contributed by atoms with van der Waals surface area (Å²) >= 11 is 3.25. The Balaban J connectivity index is 0.000000166. The third kappa shape index (κ3) is 23.6. The molecule has 2 aromatic heterocycles. The smallest absolute Gasteiger partial charge is 0.319 e. The monoisotopic (exact) mass is 1310 g/mol. The number of hydrogen-bond donors (Lipinski definition) is 6. The van der Waals surface area contributed by atoms with Crippen LogP contribution in [-0.4, -0.2) is 219 Å². The summed E-state index contributed by atoms with van der Waals surface area (Å²) in [6.07, 6.45) is 2.45. The zero-order chi connectivity index (χ0) is 65.2. The average molecular weight is 1320 g/mol. The number of non-ortho nitro benzene ring substituents is 2. The first kappa shape index (κ1) is 69.9. The van der Waals surface area contributed by atoms with Gasteiger partial charge in [0.1, 0.15) is 11.9 Å². The number of aromatic nitrogens is 4. The van der Waals surface area contributed by atoms with Crippen molar-refractivity contribution < 1.29 is 24.4 Å².